The predicted molar refractivity (Wildman–Crippen MR) is 122 cm³/mol. The highest BCUT2D eigenvalue weighted by atomic mass is 16.5. The van der Waals surface area contributed by atoms with Gasteiger partial charge in [-0.2, -0.15) is 0 Å². The second-order valence-electron chi connectivity index (χ2n) is 7.94. The maximum Gasteiger partial charge on any atom is 0.254 e. The Hall–Kier alpha value is -3.08. The third kappa shape index (κ3) is 4.56. The fraction of sp³-hybridized carbons (Fsp3) is 0.360. The van der Waals surface area contributed by atoms with Crippen LogP contribution in [0.5, 0.6) is 0 Å². The molecule has 0 aliphatic heterocycles. The van der Waals surface area contributed by atoms with Crippen LogP contribution in [0.3, 0.4) is 0 Å². The Morgan fingerprint density at radius 1 is 1.00 bits per heavy atom. The summed E-state index contributed by atoms with van der Waals surface area (Å²) >= 11 is 0. The van der Waals surface area contributed by atoms with Crippen molar-refractivity contribution in [2.45, 2.75) is 52.7 Å². The molecule has 158 valence electrons. The van der Waals surface area contributed by atoms with Crippen LogP contribution in [-0.4, -0.2) is 35.1 Å². The molecule has 2 aromatic carbocycles. The van der Waals surface area contributed by atoms with Gasteiger partial charge in [-0.3, -0.25) is 4.79 Å². The zero-order chi connectivity index (χ0) is 21.7. The molecule has 1 amide bonds. The largest absolute Gasteiger partial charge is 0.341 e. The van der Waals surface area contributed by atoms with Crippen molar-refractivity contribution in [2.75, 3.05) is 11.9 Å². The zero-order valence-corrected chi connectivity index (χ0v) is 18.5. The molecular formula is C25H31N3O2. The quantitative estimate of drug-likeness (QED) is 0.487. The average Bonchev–Trinajstić information content (AvgIpc) is 3.20. The zero-order valence-electron chi connectivity index (χ0n) is 18.5. The molecule has 0 spiro atoms. The number of benzene rings is 2. The summed E-state index contributed by atoms with van der Waals surface area (Å²) in [7, 11) is 2.00. The number of amides is 1. The second-order valence-corrected chi connectivity index (χ2v) is 7.94. The summed E-state index contributed by atoms with van der Waals surface area (Å²) in [6.45, 7) is 8.83. The van der Waals surface area contributed by atoms with Crippen molar-refractivity contribution in [3.8, 4) is 11.3 Å². The van der Waals surface area contributed by atoms with Crippen molar-refractivity contribution >= 4 is 11.8 Å². The third-order valence-electron chi connectivity index (χ3n) is 5.64. The van der Waals surface area contributed by atoms with E-state index in [1.54, 1.807) is 0 Å². The second kappa shape index (κ2) is 9.61. The molecule has 0 aliphatic carbocycles. The summed E-state index contributed by atoms with van der Waals surface area (Å²) in [5.41, 5.74) is 3.39. The fourth-order valence-electron chi connectivity index (χ4n) is 3.34. The van der Waals surface area contributed by atoms with Crippen LogP contribution in [0, 0.1) is 0 Å². The summed E-state index contributed by atoms with van der Waals surface area (Å²) in [6, 6.07) is 19.8. The van der Waals surface area contributed by atoms with Crippen LogP contribution in [0.25, 0.3) is 11.3 Å². The third-order valence-corrected chi connectivity index (χ3v) is 5.64. The highest BCUT2D eigenvalue weighted by Gasteiger charge is 2.28. The monoisotopic (exact) mass is 405 g/mol. The van der Waals surface area contributed by atoms with E-state index in [1.165, 1.54) is 0 Å². The molecule has 0 saturated heterocycles. The van der Waals surface area contributed by atoms with Crippen molar-refractivity contribution in [3.05, 3.63) is 71.8 Å². The number of nitrogens with zero attached hydrogens (tertiary/aromatic N) is 3. The van der Waals surface area contributed by atoms with Gasteiger partial charge in [-0.05, 0) is 39.3 Å². The molecule has 0 fully saturated rings. The predicted octanol–water partition coefficient (Wildman–Crippen LogP) is 5.63. The first-order valence-corrected chi connectivity index (χ1v) is 10.6. The molecule has 3 rings (SSSR count). The molecule has 5 heteroatoms. The van der Waals surface area contributed by atoms with Gasteiger partial charge in [0.25, 0.3) is 5.91 Å². The number of carbonyl (C=O) groups is 1. The van der Waals surface area contributed by atoms with Crippen molar-refractivity contribution < 1.29 is 9.32 Å². The molecule has 0 N–H and O–H groups in total. The summed E-state index contributed by atoms with van der Waals surface area (Å²) in [5.74, 6) is 0.723. The van der Waals surface area contributed by atoms with Crippen LogP contribution in [0.1, 0.15) is 50.0 Å². The molecule has 0 radical (unpaired) electrons. The highest BCUT2D eigenvalue weighted by molar-refractivity contribution is 5.94. The van der Waals surface area contributed by atoms with Crippen LogP contribution in [0.4, 0.5) is 5.88 Å². The maximum absolute atomic E-state index is 13.4. The van der Waals surface area contributed by atoms with Gasteiger partial charge in [-0.15, -0.1) is 0 Å². The van der Waals surface area contributed by atoms with Gasteiger partial charge in [0.15, 0.2) is 0 Å². The molecular weight excluding hydrogens is 374 g/mol. The fourth-order valence-corrected chi connectivity index (χ4v) is 3.34. The van der Waals surface area contributed by atoms with E-state index >= 15 is 0 Å². The topological polar surface area (TPSA) is 49.6 Å². The van der Waals surface area contributed by atoms with Crippen molar-refractivity contribution in [3.63, 3.8) is 0 Å². The van der Waals surface area contributed by atoms with Gasteiger partial charge in [-0.25, -0.2) is 0 Å². The number of hydrogen-bond donors (Lipinski definition) is 0. The molecule has 30 heavy (non-hydrogen) atoms. The summed E-state index contributed by atoms with van der Waals surface area (Å²) < 4.78 is 5.81. The van der Waals surface area contributed by atoms with E-state index in [1.807, 2.05) is 72.6 Å². The van der Waals surface area contributed by atoms with Gasteiger partial charge in [0.1, 0.15) is 5.69 Å². The lowest BCUT2D eigenvalue weighted by Crippen LogP contribution is -2.38. The highest BCUT2D eigenvalue weighted by Crippen LogP contribution is 2.33. The van der Waals surface area contributed by atoms with Gasteiger partial charge >= 0.3 is 0 Å². The number of carbonyl (C=O) groups excluding carboxylic acids is 1. The maximum atomic E-state index is 13.4. The number of hydrogen-bond acceptors (Lipinski definition) is 4. The van der Waals surface area contributed by atoms with Crippen LogP contribution >= 0.6 is 0 Å². The SMILES string of the molecule is CC[C@@H](C)N(Cc1c(-c2ccccc2)noc1N(C)C(C)C)C(=O)c1ccccc1. The summed E-state index contributed by atoms with van der Waals surface area (Å²) in [4.78, 5) is 17.4. The Kier molecular flexibility index (Phi) is 6.93. The smallest absolute Gasteiger partial charge is 0.254 e. The minimum absolute atomic E-state index is 0.0170. The minimum Gasteiger partial charge on any atom is -0.341 e. The molecule has 0 saturated carbocycles. The molecule has 5 nitrogen and oxygen atoms in total. The van der Waals surface area contributed by atoms with E-state index in [9.17, 15) is 4.79 Å². The Morgan fingerprint density at radius 3 is 2.17 bits per heavy atom. The standard InChI is InChI=1S/C25H31N3O2/c1-6-19(4)28(24(29)21-15-11-8-12-16-21)17-22-23(20-13-9-7-10-14-20)26-30-25(22)27(5)18(2)3/h7-16,18-19H,6,17H2,1-5H3/t19-/m1/s1. The normalized spacial score (nSPS) is 12.1. The van der Waals surface area contributed by atoms with Gasteiger partial charge in [-0.1, -0.05) is 60.6 Å². The van der Waals surface area contributed by atoms with E-state index in [0.717, 1.165) is 23.2 Å². The molecule has 1 heterocycles. The van der Waals surface area contributed by atoms with Crippen LogP contribution in [-0.2, 0) is 6.54 Å². The van der Waals surface area contributed by atoms with E-state index in [0.29, 0.717) is 18.0 Å². The lowest BCUT2D eigenvalue weighted by molar-refractivity contribution is 0.0672. The lowest BCUT2D eigenvalue weighted by atomic mass is 10.0. The average molecular weight is 406 g/mol. The number of aromatic nitrogens is 1. The van der Waals surface area contributed by atoms with E-state index in [4.69, 9.17) is 4.52 Å². The van der Waals surface area contributed by atoms with Gasteiger partial charge in [0.05, 0.1) is 12.1 Å². The molecule has 0 unspecified atom stereocenters. The number of rotatable bonds is 8. The molecule has 1 atom stereocenters. The molecule has 0 aliphatic rings. The van der Waals surface area contributed by atoms with Crippen LogP contribution in [0.2, 0.25) is 0 Å². The minimum atomic E-state index is 0.0170. The first-order valence-electron chi connectivity index (χ1n) is 10.6. The lowest BCUT2D eigenvalue weighted by Gasteiger charge is -2.30. The molecule has 1 aromatic heterocycles. The Bertz CT molecular complexity index is 951. The first-order chi connectivity index (χ1) is 14.4. The Balaban J connectivity index is 2.06. The van der Waals surface area contributed by atoms with Gasteiger partial charge in [0.2, 0.25) is 5.88 Å². The van der Waals surface area contributed by atoms with Crippen molar-refractivity contribution in [1.29, 1.82) is 0 Å². The van der Waals surface area contributed by atoms with Crippen molar-refractivity contribution in [2.24, 2.45) is 0 Å². The molecule has 0 bridgehead atoms. The van der Waals surface area contributed by atoms with E-state index < -0.39 is 0 Å². The summed E-state index contributed by atoms with van der Waals surface area (Å²) in [6.07, 6.45) is 0.861. The van der Waals surface area contributed by atoms with Crippen molar-refractivity contribution in [1.82, 2.24) is 10.1 Å². The van der Waals surface area contributed by atoms with E-state index in [2.05, 4.69) is 37.8 Å². The van der Waals surface area contributed by atoms with E-state index in [-0.39, 0.29) is 18.0 Å². The number of anilines is 1. The summed E-state index contributed by atoms with van der Waals surface area (Å²) in [5, 5.41) is 4.41. The Labute approximate surface area is 179 Å². The van der Waals surface area contributed by atoms with Crippen LogP contribution in [0.15, 0.2) is 65.2 Å². The molecule has 3 aromatic rings. The Morgan fingerprint density at radius 2 is 1.60 bits per heavy atom. The van der Waals surface area contributed by atoms with Crippen LogP contribution < -0.4 is 4.90 Å². The van der Waals surface area contributed by atoms with Gasteiger partial charge < -0.3 is 14.3 Å². The first kappa shape index (κ1) is 21.6. The van der Waals surface area contributed by atoms with Gasteiger partial charge in [0, 0.05) is 30.3 Å².